The van der Waals surface area contributed by atoms with Crippen LogP contribution in [0.4, 0.5) is 0 Å². The number of ether oxygens (including phenoxy) is 5. The van der Waals surface area contributed by atoms with Crippen LogP contribution in [0.1, 0.15) is 66.1 Å². The molecular formula is C31H36O9. The van der Waals surface area contributed by atoms with E-state index in [0.717, 1.165) is 12.0 Å². The quantitative estimate of drug-likeness (QED) is 0.235. The zero-order valence-electron chi connectivity index (χ0n) is 23.7. The average Bonchev–Trinajstić information content (AvgIpc) is 3.35. The van der Waals surface area contributed by atoms with Crippen molar-refractivity contribution in [3.8, 4) is 0 Å². The van der Waals surface area contributed by atoms with Gasteiger partial charge in [-0.05, 0) is 51.0 Å². The largest absolute Gasteiger partial charge is 0.472 e. The van der Waals surface area contributed by atoms with Crippen molar-refractivity contribution in [1.82, 2.24) is 0 Å². The van der Waals surface area contributed by atoms with Crippen LogP contribution in [0, 0.1) is 28.1 Å². The molecule has 5 fully saturated rings. The Balaban J connectivity index is 1.46. The smallest absolute Gasteiger partial charge is 0.339 e. The molecule has 7 rings (SSSR count). The first-order valence-electron chi connectivity index (χ1n) is 14.2. The number of hydrogen-bond donors (Lipinski definition) is 0. The Bertz CT molecular complexity index is 1360. The predicted molar refractivity (Wildman–Crippen MR) is 138 cm³/mol. The molecule has 0 N–H and O–H groups in total. The minimum Gasteiger partial charge on any atom is -0.472 e. The Morgan fingerprint density at radius 2 is 1.93 bits per heavy atom. The number of carbonyl (C=O) groups is 3. The summed E-state index contributed by atoms with van der Waals surface area (Å²) in [6.45, 7) is 12.0. The summed E-state index contributed by atoms with van der Waals surface area (Å²) in [4.78, 5) is 39.8. The summed E-state index contributed by atoms with van der Waals surface area (Å²) in [7, 11) is 0. The summed E-state index contributed by atoms with van der Waals surface area (Å²) >= 11 is 0. The normalized spacial score (nSPS) is 50.4. The van der Waals surface area contributed by atoms with E-state index in [0.29, 0.717) is 12.0 Å². The highest BCUT2D eigenvalue weighted by atomic mass is 16.7. The van der Waals surface area contributed by atoms with Crippen molar-refractivity contribution in [3.63, 3.8) is 0 Å². The lowest BCUT2D eigenvalue weighted by Crippen LogP contribution is -2.75. The van der Waals surface area contributed by atoms with Gasteiger partial charge in [0.15, 0.2) is 6.10 Å². The molecule has 11 atom stereocenters. The molecule has 0 aromatic carbocycles. The van der Waals surface area contributed by atoms with Crippen molar-refractivity contribution in [2.75, 3.05) is 6.61 Å². The minimum atomic E-state index is -1.00. The van der Waals surface area contributed by atoms with Gasteiger partial charge in [0.25, 0.3) is 0 Å². The number of fused-ring (bicyclic) bond motifs is 2. The van der Waals surface area contributed by atoms with Crippen molar-refractivity contribution in [2.24, 2.45) is 28.1 Å². The van der Waals surface area contributed by atoms with Gasteiger partial charge in [0, 0.05) is 34.0 Å². The second kappa shape index (κ2) is 7.88. The highest BCUT2D eigenvalue weighted by Crippen LogP contribution is 2.80. The van der Waals surface area contributed by atoms with Crippen molar-refractivity contribution < 1.29 is 42.5 Å². The lowest BCUT2D eigenvalue weighted by Gasteiger charge is -2.67. The second-order valence-corrected chi connectivity index (χ2v) is 13.4. The second-order valence-electron chi connectivity index (χ2n) is 13.4. The summed E-state index contributed by atoms with van der Waals surface area (Å²) < 4.78 is 37.0. The van der Waals surface area contributed by atoms with Gasteiger partial charge in [-0.25, -0.2) is 14.4 Å². The van der Waals surface area contributed by atoms with Gasteiger partial charge in [-0.1, -0.05) is 32.9 Å². The minimum absolute atomic E-state index is 0.134. The van der Waals surface area contributed by atoms with E-state index in [1.54, 1.807) is 32.4 Å². The van der Waals surface area contributed by atoms with Crippen molar-refractivity contribution in [1.29, 1.82) is 0 Å². The van der Waals surface area contributed by atoms with Crippen LogP contribution >= 0.6 is 0 Å². The van der Waals surface area contributed by atoms with Gasteiger partial charge in [-0.3, -0.25) is 0 Å². The SMILES string of the molecule is CC=C(C)C(=O)OC1C2OCC3(C)OC(=O)C=CC(C)(C23)C2CCC3(C)C(c4ccoc4)OC(=O)C4OC43C12C. The first kappa shape index (κ1) is 26.0. The van der Waals surface area contributed by atoms with Crippen LogP contribution in [0.15, 0.2) is 46.8 Å². The molecular weight excluding hydrogens is 516 g/mol. The van der Waals surface area contributed by atoms with Gasteiger partial charge in [0.1, 0.15) is 29.5 Å². The fourth-order valence-electron chi connectivity index (χ4n) is 9.84. The summed E-state index contributed by atoms with van der Waals surface area (Å²) in [5.74, 6) is -1.70. The maximum absolute atomic E-state index is 13.5. The Labute approximate surface area is 233 Å². The molecule has 4 aliphatic heterocycles. The molecule has 1 aromatic heterocycles. The lowest BCUT2D eigenvalue weighted by atomic mass is 9.37. The van der Waals surface area contributed by atoms with Gasteiger partial charge in [-0.2, -0.15) is 0 Å². The number of cyclic esters (lactones) is 1. The van der Waals surface area contributed by atoms with Gasteiger partial charge in [0.2, 0.25) is 0 Å². The van der Waals surface area contributed by atoms with Crippen LogP contribution < -0.4 is 0 Å². The van der Waals surface area contributed by atoms with Gasteiger partial charge >= 0.3 is 17.9 Å². The van der Waals surface area contributed by atoms with Gasteiger partial charge in [0.05, 0.1) is 19.1 Å². The molecule has 2 aliphatic carbocycles. The Morgan fingerprint density at radius 3 is 2.62 bits per heavy atom. The summed E-state index contributed by atoms with van der Waals surface area (Å²) in [5.41, 5.74) is -2.77. The number of allylic oxidation sites excluding steroid dienone is 2. The summed E-state index contributed by atoms with van der Waals surface area (Å²) in [5, 5.41) is 0. The van der Waals surface area contributed by atoms with Crippen LogP contribution in [0.25, 0.3) is 0 Å². The molecule has 3 saturated heterocycles. The molecule has 1 aromatic rings. The monoisotopic (exact) mass is 552 g/mol. The van der Waals surface area contributed by atoms with E-state index in [4.69, 9.17) is 28.1 Å². The molecule has 5 heterocycles. The van der Waals surface area contributed by atoms with E-state index in [1.807, 2.05) is 19.1 Å². The average molecular weight is 553 g/mol. The fourth-order valence-corrected chi connectivity index (χ4v) is 9.84. The first-order chi connectivity index (χ1) is 18.9. The molecule has 1 spiro atoms. The van der Waals surface area contributed by atoms with Crippen LogP contribution in [0.5, 0.6) is 0 Å². The number of carbonyl (C=O) groups excluding carboxylic acids is 3. The van der Waals surface area contributed by atoms with Crippen LogP contribution in [0.3, 0.4) is 0 Å². The zero-order valence-corrected chi connectivity index (χ0v) is 23.7. The van der Waals surface area contributed by atoms with Gasteiger partial charge in [-0.15, -0.1) is 0 Å². The standard InChI is InChI=1S/C31H36O9/c1-7-16(2)25(33)38-23-20-21-27(3,11-9-19(32)39-29(21,5)15-36-20)18-8-12-28(4)22(17-10-13-35-14-17)37-26(34)24-31(28,40-24)30(18,23)6/h7,9-11,13-14,18,20-24H,8,12,15H2,1-6H3. The molecule has 0 bridgehead atoms. The van der Waals surface area contributed by atoms with E-state index in [-0.39, 0.29) is 18.4 Å². The lowest BCUT2D eigenvalue weighted by molar-refractivity contribution is -0.269. The molecule has 9 nitrogen and oxygen atoms in total. The molecule has 40 heavy (non-hydrogen) atoms. The first-order valence-corrected chi connectivity index (χ1v) is 14.2. The number of esters is 3. The molecule has 6 aliphatic rings. The number of rotatable bonds is 3. The maximum atomic E-state index is 13.5. The summed E-state index contributed by atoms with van der Waals surface area (Å²) in [6.07, 6.45) is 7.04. The van der Waals surface area contributed by atoms with E-state index >= 15 is 0 Å². The molecule has 11 unspecified atom stereocenters. The molecule has 214 valence electrons. The van der Waals surface area contributed by atoms with E-state index in [1.165, 1.54) is 6.08 Å². The number of hydrogen-bond acceptors (Lipinski definition) is 9. The van der Waals surface area contributed by atoms with Gasteiger partial charge < -0.3 is 28.1 Å². The van der Waals surface area contributed by atoms with Crippen LogP contribution in [-0.4, -0.2) is 54.0 Å². The number of furan rings is 1. The third-order valence-electron chi connectivity index (χ3n) is 11.6. The topological polar surface area (TPSA) is 114 Å². The van der Waals surface area contributed by atoms with E-state index in [2.05, 4.69) is 20.8 Å². The molecule has 0 amide bonds. The number of epoxide rings is 1. The van der Waals surface area contributed by atoms with Crippen molar-refractivity contribution in [3.05, 3.63) is 48.0 Å². The maximum Gasteiger partial charge on any atom is 0.339 e. The molecule has 9 heteroatoms. The summed E-state index contributed by atoms with van der Waals surface area (Å²) in [6, 6.07) is 1.82. The zero-order chi connectivity index (χ0) is 28.5. The van der Waals surface area contributed by atoms with Crippen molar-refractivity contribution >= 4 is 17.9 Å². The Hall–Kier alpha value is -2.91. The Kier molecular flexibility index (Phi) is 5.13. The fraction of sp³-hybridized carbons (Fsp3) is 0.645. The van der Waals surface area contributed by atoms with Crippen LogP contribution in [0.2, 0.25) is 0 Å². The van der Waals surface area contributed by atoms with Crippen molar-refractivity contribution in [2.45, 2.75) is 90.0 Å². The van der Waals surface area contributed by atoms with Crippen LogP contribution in [-0.2, 0) is 38.1 Å². The Morgan fingerprint density at radius 1 is 1.15 bits per heavy atom. The van der Waals surface area contributed by atoms with E-state index < -0.39 is 69.8 Å². The molecule has 0 radical (unpaired) electrons. The molecule has 2 saturated carbocycles. The third-order valence-corrected chi connectivity index (χ3v) is 11.6. The van der Waals surface area contributed by atoms with E-state index in [9.17, 15) is 14.4 Å². The third kappa shape index (κ3) is 2.83. The highest BCUT2D eigenvalue weighted by molar-refractivity contribution is 5.88. The highest BCUT2D eigenvalue weighted by Gasteiger charge is 2.90. The predicted octanol–water partition coefficient (Wildman–Crippen LogP) is 4.22.